The molecule has 5 nitrogen and oxygen atoms in total. The molecule has 1 fully saturated rings. The largest absolute Gasteiger partial charge is 0.493 e. The summed E-state index contributed by atoms with van der Waals surface area (Å²) in [6, 6.07) is 3.18. The van der Waals surface area contributed by atoms with Crippen LogP contribution in [0.4, 0.5) is 0 Å². The lowest BCUT2D eigenvalue weighted by Crippen LogP contribution is -2.22. The molecule has 1 aliphatic rings. The number of ether oxygens (including phenoxy) is 3. The maximum absolute atomic E-state index is 11.3. The topological polar surface area (TPSA) is 65.0 Å². The zero-order valence-corrected chi connectivity index (χ0v) is 10.6. The number of rotatable bonds is 4. The monoisotopic (exact) mass is 272 g/mol. The molecule has 18 heavy (non-hydrogen) atoms. The number of carbonyl (C=O) groups excluding carboxylic acids is 1. The number of halogens is 1. The van der Waals surface area contributed by atoms with Crippen LogP contribution in [0.3, 0.4) is 0 Å². The van der Waals surface area contributed by atoms with Crippen molar-refractivity contribution in [3.63, 3.8) is 0 Å². The zero-order valence-electron chi connectivity index (χ0n) is 9.81. The van der Waals surface area contributed by atoms with E-state index in [9.17, 15) is 4.79 Å². The number of cyclic esters (lactones) is 1. The summed E-state index contributed by atoms with van der Waals surface area (Å²) in [4.78, 5) is 11.3. The van der Waals surface area contributed by atoms with Gasteiger partial charge in [-0.15, -0.1) is 0 Å². The summed E-state index contributed by atoms with van der Waals surface area (Å²) >= 11 is 6.05. The van der Waals surface area contributed by atoms with Crippen molar-refractivity contribution in [2.24, 2.45) is 0 Å². The van der Waals surface area contributed by atoms with Crippen LogP contribution in [0.2, 0.25) is 5.02 Å². The van der Waals surface area contributed by atoms with Gasteiger partial charge in [0.05, 0.1) is 25.3 Å². The molecular formula is C12H13ClO5. The van der Waals surface area contributed by atoms with Gasteiger partial charge in [0.25, 0.3) is 0 Å². The van der Waals surface area contributed by atoms with Gasteiger partial charge < -0.3 is 19.3 Å². The molecule has 1 unspecified atom stereocenters. The highest BCUT2D eigenvalue weighted by molar-refractivity contribution is 6.32. The molecule has 1 saturated heterocycles. The molecule has 6 heteroatoms. The highest BCUT2D eigenvalue weighted by Crippen LogP contribution is 2.37. The number of carbonyl (C=O) groups is 1. The summed E-state index contributed by atoms with van der Waals surface area (Å²) in [5.41, 5.74) is 0.609. The zero-order chi connectivity index (χ0) is 13.1. The minimum Gasteiger partial charge on any atom is -0.493 e. The fraction of sp³-hybridized carbons (Fsp3) is 0.417. The molecule has 0 radical (unpaired) electrons. The van der Waals surface area contributed by atoms with Crippen molar-refractivity contribution in [1.29, 1.82) is 0 Å². The van der Waals surface area contributed by atoms with Crippen molar-refractivity contribution < 1.29 is 24.1 Å². The Hall–Kier alpha value is -1.46. The van der Waals surface area contributed by atoms with E-state index < -0.39 is 12.1 Å². The SMILES string of the molecule is COc1cc(CO)cc(Cl)c1OC1CCOC1=O. The molecule has 98 valence electrons. The van der Waals surface area contributed by atoms with E-state index in [2.05, 4.69) is 0 Å². The van der Waals surface area contributed by atoms with Gasteiger partial charge in [-0.3, -0.25) is 0 Å². The summed E-state index contributed by atoms with van der Waals surface area (Å²) in [6.45, 7) is 0.194. The van der Waals surface area contributed by atoms with Gasteiger partial charge in [0.15, 0.2) is 17.6 Å². The van der Waals surface area contributed by atoms with Gasteiger partial charge in [0, 0.05) is 6.42 Å². The molecule has 2 rings (SSSR count). The van der Waals surface area contributed by atoms with Crippen molar-refractivity contribution >= 4 is 17.6 Å². The van der Waals surface area contributed by atoms with Gasteiger partial charge in [-0.05, 0) is 17.7 Å². The molecule has 0 spiro atoms. The quantitative estimate of drug-likeness (QED) is 0.842. The van der Waals surface area contributed by atoms with E-state index in [0.29, 0.717) is 30.1 Å². The highest BCUT2D eigenvalue weighted by atomic mass is 35.5. The molecule has 1 heterocycles. The Morgan fingerprint density at radius 3 is 2.89 bits per heavy atom. The van der Waals surface area contributed by atoms with Crippen LogP contribution in [-0.2, 0) is 16.1 Å². The predicted molar refractivity (Wildman–Crippen MR) is 63.9 cm³/mol. The van der Waals surface area contributed by atoms with Gasteiger partial charge in [-0.2, -0.15) is 0 Å². The molecule has 0 amide bonds. The van der Waals surface area contributed by atoms with Crippen LogP contribution >= 0.6 is 11.6 Å². The van der Waals surface area contributed by atoms with E-state index in [-0.39, 0.29) is 11.6 Å². The first kappa shape index (κ1) is 13.0. The highest BCUT2D eigenvalue weighted by Gasteiger charge is 2.30. The third-order valence-corrected chi connectivity index (χ3v) is 2.90. The lowest BCUT2D eigenvalue weighted by Gasteiger charge is -2.15. The van der Waals surface area contributed by atoms with Crippen LogP contribution in [0.25, 0.3) is 0 Å². The van der Waals surface area contributed by atoms with Crippen molar-refractivity contribution in [2.75, 3.05) is 13.7 Å². The minimum atomic E-state index is -0.656. The molecule has 1 aliphatic heterocycles. The molecule has 0 saturated carbocycles. The third-order valence-electron chi connectivity index (χ3n) is 2.62. The number of benzene rings is 1. The maximum atomic E-state index is 11.3. The molecule has 1 atom stereocenters. The Bertz CT molecular complexity index is 460. The lowest BCUT2D eigenvalue weighted by atomic mass is 10.2. The fourth-order valence-corrected chi connectivity index (χ4v) is 1.98. The summed E-state index contributed by atoms with van der Waals surface area (Å²) in [6.07, 6.45) is -0.170. The normalized spacial score (nSPS) is 18.6. The number of hydrogen-bond donors (Lipinski definition) is 1. The Labute approximate surface area is 109 Å². The van der Waals surface area contributed by atoms with Crippen LogP contribution < -0.4 is 9.47 Å². The number of aliphatic hydroxyl groups is 1. The van der Waals surface area contributed by atoms with Crippen molar-refractivity contribution in [1.82, 2.24) is 0 Å². The van der Waals surface area contributed by atoms with E-state index in [1.807, 2.05) is 0 Å². The molecule has 1 aromatic rings. The Balaban J connectivity index is 2.28. The number of aliphatic hydroxyl groups excluding tert-OH is 1. The van der Waals surface area contributed by atoms with Crippen LogP contribution in [0, 0.1) is 0 Å². The average Bonchev–Trinajstić information content (AvgIpc) is 2.77. The van der Waals surface area contributed by atoms with Gasteiger partial charge in [-0.1, -0.05) is 11.6 Å². The second kappa shape index (κ2) is 5.46. The smallest absolute Gasteiger partial charge is 0.347 e. The van der Waals surface area contributed by atoms with E-state index >= 15 is 0 Å². The number of methoxy groups -OCH3 is 1. The molecule has 0 bridgehead atoms. The summed E-state index contributed by atoms with van der Waals surface area (Å²) in [7, 11) is 1.46. The van der Waals surface area contributed by atoms with Gasteiger partial charge in [0.2, 0.25) is 0 Å². The van der Waals surface area contributed by atoms with E-state index in [1.54, 1.807) is 12.1 Å². The standard InChI is InChI=1S/C12H13ClO5/c1-16-10-5-7(6-14)4-8(13)11(10)18-9-2-3-17-12(9)15/h4-5,9,14H,2-3,6H2,1H3. The van der Waals surface area contributed by atoms with Crippen molar-refractivity contribution in [2.45, 2.75) is 19.1 Å². The first-order valence-electron chi connectivity index (χ1n) is 5.46. The molecule has 0 aliphatic carbocycles. The molecule has 0 aromatic heterocycles. The second-order valence-electron chi connectivity index (χ2n) is 3.83. The summed E-state index contributed by atoms with van der Waals surface area (Å²) in [5.74, 6) is 0.269. The van der Waals surface area contributed by atoms with Gasteiger partial charge in [0.1, 0.15) is 0 Å². The van der Waals surface area contributed by atoms with Crippen molar-refractivity contribution in [3.05, 3.63) is 22.7 Å². The van der Waals surface area contributed by atoms with Crippen LogP contribution in [0.5, 0.6) is 11.5 Å². The first-order chi connectivity index (χ1) is 8.65. The Kier molecular flexibility index (Phi) is 3.93. The molecule has 1 N–H and O–H groups in total. The fourth-order valence-electron chi connectivity index (χ4n) is 1.71. The second-order valence-corrected chi connectivity index (χ2v) is 4.24. The van der Waals surface area contributed by atoms with Gasteiger partial charge in [-0.25, -0.2) is 4.79 Å². The van der Waals surface area contributed by atoms with E-state index in [4.69, 9.17) is 30.9 Å². The molecule has 1 aromatic carbocycles. The number of hydrogen-bond acceptors (Lipinski definition) is 5. The van der Waals surface area contributed by atoms with Crippen LogP contribution in [0.15, 0.2) is 12.1 Å². The summed E-state index contributed by atoms with van der Waals surface area (Å²) < 4.78 is 15.5. The van der Waals surface area contributed by atoms with Gasteiger partial charge >= 0.3 is 5.97 Å². The lowest BCUT2D eigenvalue weighted by molar-refractivity contribution is -0.143. The molecular weight excluding hydrogens is 260 g/mol. The summed E-state index contributed by atoms with van der Waals surface area (Å²) in [5, 5.41) is 9.36. The average molecular weight is 273 g/mol. The third kappa shape index (κ3) is 2.52. The minimum absolute atomic E-state index is 0.151. The van der Waals surface area contributed by atoms with Crippen molar-refractivity contribution in [3.8, 4) is 11.5 Å². The van der Waals surface area contributed by atoms with E-state index in [1.165, 1.54) is 7.11 Å². The predicted octanol–water partition coefficient (Wildman–Crippen LogP) is 1.54. The number of esters is 1. The van der Waals surface area contributed by atoms with E-state index in [0.717, 1.165) is 0 Å². The maximum Gasteiger partial charge on any atom is 0.347 e. The Morgan fingerprint density at radius 2 is 2.33 bits per heavy atom. The first-order valence-corrected chi connectivity index (χ1v) is 5.84. The Morgan fingerprint density at radius 1 is 1.56 bits per heavy atom. The van der Waals surface area contributed by atoms with Crippen LogP contribution in [0.1, 0.15) is 12.0 Å². The van der Waals surface area contributed by atoms with Crippen LogP contribution in [-0.4, -0.2) is 30.9 Å².